The summed E-state index contributed by atoms with van der Waals surface area (Å²) in [6, 6.07) is 24.8. The lowest BCUT2D eigenvalue weighted by Crippen LogP contribution is -2.51. The second kappa shape index (κ2) is 12.2. The predicted molar refractivity (Wildman–Crippen MR) is 162 cm³/mol. The van der Waals surface area contributed by atoms with Crippen LogP contribution in [0.4, 0.5) is 5.69 Å². The zero-order valence-corrected chi connectivity index (χ0v) is 24.0. The molecule has 0 radical (unpaired) electrons. The number of piperazine rings is 1. The second-order valence-electron chi connectivity index (χ2n) is 11.0. The van der Waals surface area contributed by atoms with Crippen molar-refractivity contribution in [1.82, 2.24) is 19.4 Å². The highest BCUT2D eigenvalue weighted by atomic mass is 16.5. The van der Waals surface area contributed by atoms with E-state index in [9.17, 15) is 4.79 Å². The number of nitrogens with zero attached hydrogens (tertiary/aromatic N) is 5. The van der Waals surface area contributed by atoms with Crippen molar-refractivity contribution < 1.29 is 14.3 Å². The molecule has 2 aliphatic heterocycles. The van der Waals surface area contributed by atoms with Gasteiger partial charge in [0.05, 0.1) is 31.8 Å². The number of para-hydroxylation sites is 2. The van der Waals surface area contributed by atoms with Crippen LogP contribution in [0.25, 0.3) is 11.0 Å². The van der Waals surface area contributed by atoms with Crippen molar-refractivity contribution in [1.29, 1.82) is 0 Å². The molecule has 0 atom stereocenters. The number of carbonyl (C=O) groups excluding carboxylic acids is 1. The van der Waals surface area contributed by atoms with Crippen molar-refractivity contribution in [2.45, 2.75) is 25.9 Å². The van der Waals surface area contributed by atoms with E-state index in [2.05, 4.69) is 61.7 Å². The second-order valence-corrected chi connectivity index (χ2v) is 11.0. The summed E-state index contributed by atoms with van der Waals surface area (Å²) in [5, 5.41) is 0. The van der Waals surface area contributed by atoms with Gasteiger partial charge in [0, 0.05) is 44.3 Å². The van der Waals surface area contributed by atoms with Crippen LogP contribution in [0.3, 0.4) is 0 Å². The van der Waals surface area contributed by atoms with Crippen molar-refractivity contribution in [3.63, 3.8) is 0 Å². The summed E-state index contributed by atoms with van der Waals surface area (Å²) in [5.41, 5.74) is 4.57. The summed E-state index contributed by atoms with van der Waals surface area (Å²) < 4.78 is 12.9. The van der Waals surface area contributed by atoms with Crippen LogP contribution in [-0.4, -0.2) is 78.7 Å². The first-order valence-corrected chi connectivity index (χ1v) is 14.6. The minimum atomic E-state index is 0.108. The maximum absolute atomic E-state index is 13.4. The molecule has 3 heterocycles. The van der Waals surface area contributed by atoms with Gasteiger partial charge in [-0.15, -0.1) is 0 Å². The Labute approximate surface area is 242 Å². The number of rotatable bonds is 8. The van der Waals surface area contributed by atoms with Gasteiger partial charge in [0.2, 0.25) is 5.91 Å². The highest BCUT2D eigenvalue weighted by Gasteiger charge is 2.31. The number of likely N-dealkylation sites (tertiary alicyclic amines) is 1. The van der Waals surface area contributed by atoms with Crippen LogP contribution in [-0.2, 0) is 17.9 Å². The van der Waals surface area contributed by atoms with Gasteiger partial charge >= 0.3 is 0 Å². The Morgan fingerprint density at radius 2 is 1.41 bits per heavy atom. The van der Waals surface area contributed by atoms with Crippen molar-refractivity contribution in [2.75, 3.05) is 58.4 Å². The largest absolute Gasteiger partial charge is 0.497 e. The van der Waals surface area contributed by atoms with E-state index in [0.29, 0.717) is 5.91 Å². The summed E-state index contributed by atoms with van der Waals surface area (Å²) in [7, 11) is 3.38. The highest BCUT2D eigenvalue weighted by molar-refractivity contribution is 5.79. The molecular formula is C33H39N5O3. The molecule has 2 saturated heterocycles. The number of benzene rings is 3. The molecule has 4 aromatic rings. The van der Waals surface area contributed by atoms with E-state index in [1.807, 2.05) is 30.3 Å². The average molecular weight is 554 g/mol. The minimum absolute atomic E-state index is 0.108. The maximum Gasteiger partial charge on any atom is 0.225 e. The third-order valence-electron chi connectivity index (χ3n) is 8.56. The Balaban J connectivity index is 1.05. The Morgan fingerprint density at radius 3 is 2.07 bits per heavy atom. The summed E-state index contributed by atoms with van der Waals surface area (Å²) in [6.07, 6.45) is 1.80. The van der Waals surface area contributed by atoms with E-state index in [-0.39, 0.29) is 5.92 Å². The van der Waals surface area contributed by atoms with E-state index >= 15 is 0 Å². The Morgan fingerprint density at radius 1 is 0.780 bits per heavy atom. The molecule has 214 valence electrons. The number of ether oxygens (including phenoxy) is 2. The number of methoxy groups -OCH3 is 2. The molecule has 1 amide bonds. The zero-order chi connectivity index (χ0) is 28.2. The van der Waals surface area contributed by atoms with Crippen molar-refractivity contribution >= 4 is 22.6 Å². The van der Waals surface area contributed by atoms with Crippen molar-refractivity contribution in [3.8, 4) is 11.5 Å². The van der Waals surface area contributed by atoms with Gasteiger partial charge in [0.1, 0.15) is 17.3 Å². The lowest BCUT2D eigenvalue weighted by molar-refractivity contribution is -0.137. The molecule has 0 saturated carbocycles. The number of amides is 1. The first kappa shape index (κ1) is 27.1. The van der Waals surface area contributed by atoms with E-state index in [4.69, 9.17) is 14.5 Å². The molecule has 0 N–H and O–H groups in total. The Bertz CT molecular complexity index is 1450. The number of hydrogen-bond acceptors (Lipinski definition) is 6. The number of fused-ring (bicyclic) bond motifs is 1. The zero-order valence-electron chi connectivity index (χ0n) is 24.0. The van der Waals surface area contributed by atoms with Crippen LogP contribution >= 0.6 is 0 Å². The maximum atomic E-state index is 13.4. The Kier molecular flexibility index (Phi) is 8.09. The van der Waals surface area contributed by atoms with Crippen LogP contribution in [0.2, 0.25) is 0 Å². The number of carbonyl (C=O) groups is 1. The van der Waals surface area contributed by atoms with Gasteiger partial charge in [-0.1, -0.05) is 24.3 Å². The predicted octanol–water partition coefficient (Wildman–Crippen LogP) is 4.66. The normalized spacial score (nSPS) is 16.7. The van der Waals surface area contributed by atoms with E-state index in [0.717, 1.165) is 93.6 Å². The molecule has 0 aliphatic carbocycles. The number of imidazole rings is 1. The van der Waals surface area contributed by atoms with Gasteiger partial charge in [0.25, 0.3) is 0 Å². The van der Waals surface area contributed by atoms with Gasteiger partial charge in [-0.05, 0) is 80.0 Å². The van der Waals surface area contributed by atoms with E-state index in [1.165, 1.54) is 11.3 Å². The van der Waals surface area contributed by atoms with Gasteiger partial charge in [-0.25, -0.2) is 4.98 Å². The molecule has 0 spiro atoms. The lowest BCUT2D eigenvalue weighted by atomic mass is 9.95. The third-order valence-corrected chi connectivity index (χ3v) is 8.56. The van der Waals surface area contributed by atoms with Crippen molar-refractivity contribution in [2.24, 2.45) is 5.92 Å². The monoisotopic (exact) mass is 553 g/mol. The van der Waals surface area contributed by atoms with E-state index in [1.54, 1.807) is 14.2 Å². The molecule has 41 heavy (non-hydrogen) atoms. The number of aromatic nitrogens is 2. The Hall–Kier alpha value is -4.04. The highest BCUT2D eigenvalue weighted by Crippen LogP contribution is 2.26. The quantitative estimate of drug-likeness (QED) is 0.316. The summed E-state index contributed by atoms with van der Waals surface area (Å²) >= 11 is 0. The molecular weight excluding hydrogens is 514 g/mol. The number of hydrogen-bond donors (Lipinski definition) is 0. The minimum Gasteiger partial charge on any atom is -0.497 e. The molecule has 8 heteroatoms. The van der Waals surface area contributed by atoms with Gasteiger partial charge in [-0.2, -0.15) is 0 Å². The number of anilines is 1. The first-order chi connectivity index (χ1) is 20.1. The molecule has 2 aliphatic rings. The molecule has 2 fully saturated rings. The van der Waals surface area contributed by atoms with Gasteiger partial charge in [0.15, 0.2) is 0 Å². The molecule has 0 unspecified atom stereocenters. The fourth-order valence-corrected chi connectivity index (χ4v) is 6.11. The fourth-order valence-electron chi connectivity index (χ4n) is 6.11. The topological polar surface area (TPSA) is 63.1 Å². The molecule has 6 rings (SSSR count). The van der Waals surface area contributed by atoms with Crippen LogP contribution < -0.4 is 14.4 Å². The molecule has 3 aromatic carbocycles. The molecule has 8 nitrogen and oxygen atoms in total. The van der Waals surface area contributed by atoms with Crippen LogP contribution in [0.15, 0.2) is 72.8 Å². The van der Waals surface area contributed by atoms with Crippen LogP contribution in [0.1, 0.15) is 24.2 Å². The fraction of sp³-hybridized carbons (Fsp3) is 0.394. The third kappa shape index (κ3) is 6.03. The smallest absolute Gasteiger partial charge is 0.225 e. The lowest BCUT2D eigenvalue weighted by Gasteiger charge is -2.39. The molecule has 1 aromatic heterocycles. The summed E-state index contributed by atoms with van der Waals surface area (Å²) in [5.74, 6) is 3.23. The van der Waals surface area contributed by atoms with Gasteiger partial charge < -0.3 is 23.8 Å². The SMILES string of the molecule is COc1ccc(Cn2c(CN3CCC(C(=O)N4CCN(c5ccc(OC)cc5)CC4)CC3)nc3ccccc32)cc1. The number of piperidine rings is 1. The first-order valence-electron chi connectivity index (χ1n) is 14.6. The molecule has 0 bridgehead atoms. The van der Waals surface area contributed by atoms with Crippen LogP contribution in [0, 0.1) is 5.92 Å². The summed E-state index contributed by atoms with van der Waals surface area (Å²) in [4.78, 5) is 25.3. The standard InChI is InChI=1S/C33H39N5O3/c1-40-28-11-7-25(8-12-28)23-38-31-6-4-3-5-30(31)34-32(38)24-35-17-15-26(16-18-35)33(39)37-21-19-36(20-22-37)27-9-13-29(41-2)14-10-27/h3-14,26H,15-24H2,1-2H3. The van der Waals surface area contributed by atoms with E-state index < -0.39 is 0 Å². The van der Waals surface area contributed by atoms with Crippen molar-refractivity contribution in [3.05, 3.63) is 84.2 Å². The summed E-state index contributed by atoms with van der Waals surface area (Å²) in [6.45, 7) is 6.65. The van der Waals surface area contributed by atoms with Crippen LogP contribution in [0.5, 0.6) is 11.5 Å². The average Bonchev–Trinajstić information content (AvgIpc) is 3.38. The van der Waals surface area contributed by atoms with Gasteiger partial charge in [-0.3, -0.25) is 9.69 Å².